The van der Waals surface area contributed by atoms with Gasteiger partial charge in [-0.2, -0.15) is 0 Å². The van der Waals surface area contributed by atoms with Crippen LogP contribution in [0.25, 0.3) is 0 Å². The molecule has 2 saturated heterocycles. The zero-order valence-electron chi connectivity index (χ0n) is 11.8. The number of hydrogen-bond acceptors (Lipinski definition) is 4. The van der Waals surface area contributed by atoms with Crippen molar-refractivity contribution in [1.29, 1.82) is 0 Å². The van der Waals surface area contributed by atoms with E-state index in [-0.39, 0.29) is 18.3 Å². The van der Waals surface area contributed by atoms with Gasteiger partial charge in [0.2, 0.25) is 5.91 Å². The number of nitrogens with one attached hydrogen (secondary N) is 1. The van der Waals surface area contributed by atoms with Gasteiger partial charge in [0.05, 0.1) is 6.54 Å². The minimum Gasteiger partial charge on any atom is -0.381 e. The lowest BCUT2D eigenvalue weighted by atomic mass is 9.99. The van der Waals surface area contributed by atoms with Crippen molar-refractivity contribution in [2.24, 2.45) is 5.92 Å². The second kappa shape index (κ2) is 8.74. The molecule has 0 radical (unpaired) electrons. The average molecular weight is 292 g/mol. The second-order valence-corrected chi connectivity index (χ2v) is 5.27. The summed E-state index contributed by atoms with van der Waals surface area (Å²) in [6, 6.07) is 0. The van der Waals surface area contributed by atoms with E-state index < -0.39 is 0 Å². The molecule has 0 aromatic heterocycles. The summed E-state index contributed by atoms with van der Waals surface area (Å²) in [4.78, 5) is 16.2. The zero-order valence-corrected chi connectivity index (χ0v) is 12.6. The second-order valence-electron chi connectivity index (χ2n) is 5.27. The van der Waals surface area contributed by atoms with Gasteiger partial charge < -0.3 is 15.0 Å². The SMILES string of the molecule is CNCC(=O)N1CCN(CC2CCOCC2)CC1.Cl. The third kappa shape index (κ3) is 5.26. The highest BCUT2D eigenvalue weighted by Gasteiger charge is 2.23. The van der Waals surface area contributed by atoms with Gasteiger partial charge in [0.25, 0.3) is 0 Å². The van der Waals surface area contributed by atoms with Gasteiger partial charge in [-0.3, -0.25) is 9.69 Å². The smallest absolute Gasteiger partial charge is 0.236 e. The predicted octanol–water partition coefficient (Wildman–Crippen LogP) is 0.198. The molecule has 1 N–H and O–H groups in total. The van der Waals surface area contributed by atoms with E-state index in [9.17, 15) is 4.79 Å². The van der Waals surface area contributed by atoms with Crippen molar-refractivity contribution in [3.05, 3.63) is 0 Å². The summed E-state index contributed by atoms with van der Waals surface area (Å²) in [5.41, 5.74) is 0. The fourth-order valence-corrected chi connectivity index (χ4v) is 2.74. The Hall–Kier alpha value is -0.360. The lowest BCUT2D eigenvalue weighted by molar-refractivity contribution is -0.132. The van der Waals surface area contributed by atoms with Crippen molar-refractivity contribution < 1.29 is 9.53 Å². The van der Waals surface area contributed by atoms with Crippen LogP contribution in [0.3, 0.4) is 0 Å². The molecule has 0 bridgehead atoms. The minimum atomic E-state index is 0. The number of piperazine rings is 1. The van der Waals surface area contributed by atoms with Gasteiger partial charge in [0.15, 0.2) is 0 Å². The number of carbonyl (C=O) groups is 1. The van der Waals surface area contributed by atoms with Gasteiger partial charge in [-0.25, -0.2) is 0 Å². The molecule has 2 fully saturated rings. The molecule has 0 atom stereocenters. The molecule has 0 aromatic carbocycles. The largest absolute Gasteiger partial charge is 0.381 e. The van der Waals surface area contributed by atoms with Crippen LogP contribution in [0.5, 0.6) is 0 Å². The van der Waals surface area contributed by atoms with Crippen LogP contribution in [0.2, 0.25) is 0 Å². The number of amides is 1. The number of nitrogens with zero attached hydrogens (tertiary/aromatic N) is 2. The average Bonchev–Trinajstić information content (AvgIpc) is 2.41. The third-order valence-corrected chi connectivity index (χ3v) is 3.91. The number of likely N-dealkylation sites (N-methyl/N-ethyl adjacent to an activating group) is 1. The van der Waals surface area contributed by atoms with Crippen LogP contribution in [-0.2, 0) is 9.53 Å². The first-order valence-electron chi connectivity index (χ1n) is 7.02. The normalized spacial score (nSPS) is 22.1. The van der Waals surface area contributed by atoms with Crippen LogP contribution >= 0.6 is 12.4 Å². The van der Waals surface area contributed by atoms with Gasteiger partial charge in [0.1, 0.15) is 0 Å². The molecule has 2 aliphatic rings. The number of rotatable bonds is 4. The quantitative estimate of drug-likeness (QED) is 0.804. The maximum absolute atomic E-state index is 11.7. The number of halogens is 1. The summed E-state index contributed by atoms with van der Waals surface area (Å²) < 4.78 is 5.39. The molecular weight excluding hydrogens is 266 g/mol. The molecule has 6 heteroatoms. The molecule has 112 valence electrons. The van der Waals surface area contributed by atoms with Crippen LogP contribution in [-0.4, -0.2) is 75.2 Å². The monoisotopic (exact) mass is 291 g/mol. The summed E-state index contributed by atoms with van der Waals surface area (Å²) in [6.45, 7) is 7.28. The Balaban J connectivity index is 0.00000180. The summed E-state index contributed by atoms with van der Waals surface area (Å²) in [5.74, 6) is 1.02. The Kier molecular flexibility index (Phi) is 7.68. The predicted molar refractivity (Wildman–Crippen MR) is 77.7 cm³/mol. The Morgan fingerprint density at radius 3 is 2.42 bits per heavy atom. The Labute approximate surface area is 122 Å². The summed E-state index contributed by atoms with van der Waals surface area (Å²) in [7, 11) is 1.82. The van der Waals surface area contributed by atoms with Crippen LogP contribution in [0, 0.1) is 5.92 Å². The van der Waals surface area contributed by atoms with Gasteiger partial charge >= 0.3 is 0 Å². The molecule has 5 nitrogen and oxygen atoms in total. The fourth-order valence-electron chi connectivity index (χ4n) is 2.74. The fraction of sp³-hybridized carbons (Fsp3) is 0.923. The molecule has 0 unspecified atom stereocenters. The maximum Gasteiger partial charge on any atom is 0.236 e. The van der Waals surface area contributed by atoms with Crippen LogP contribution in [0.15, 0.2) is 0 Å². The van der Waals surface area contributed by atoms with E-state index in [4.69, 9.17) is 4.74 Å². The Morgan fingerprint density at radius 1 is 1.21 bits per heavy atom. The van der Waals surface area contributed by atoms with Gasteiger partial charge in [-0.1, -0.05) is 0 Å². The minimum absolute atomic E-state index is 0. The van der Waals surface area contributed by atoms with Crippen LogP contribution < -0.4 is 5.32 Å². The molecule has 2 rings (SSSR count). The highest BCUT2D eigenvalue weighted by Crippen LogP contribution is 2.17. The van der Waals surface area contributed by atoms with E-state index in [1.54, 1.807) is 0 Å². The maximum atomic E-state index is 11.7. The van der Waals surface area contributed by atoms with E-state index in [0.717, 1.165) is 45.3 Å². The number of carbonyl (C=O) groups excluding carboxylic acids is 1. The Bertz CT molecular complexity index is 265. The van der Waals surface area contributed by atoms with Crippen molar-refractivity contribution in [3.63, 3.8) is 0 Å². The van der Waals surface area contributed by atoms with Gasteiger partial charge in [-0.05, 0) is 25.8 Å². The molecule has 2 heterocycles. The summed E-state index contributed by atoms with van der Waals surface area (Å²) in [6.07, 6.45) is 2.39. The molecule has 19 heavy (non-hydrogen) atoms. The topological polar surface area (TPSA) is 44.8 Å². The standard InChI is InChI=1S/C13H25N3O2.ClH/c1-14-10-13(17)16-6-4-15(5-7-16)11-12-2-8-18-9-3-12;/h12,14H,2-11H2,1H3;1H. The van der Waals surface area contributed by atoms with E-state index in [1.165, 1.54) is 19.4 Å². The van der Waals surface area contributed by atoms with Crippen molar-refractivity contribution >= 4 is 18.3 Å². The highest BCUT2D eigenvalue weighted by molar-refractivity contribution is 5.85. The van der Waals surface area contributed by atoms with Crippen LogP contribution in [0.1, 0.15) is 12.8 Å². The van der Waals surface area contributed by atoms with Gasteiger partial charge in [0, 0.05) is 45.9 Å². The number of hydrogen-bond donors (Lipinski definition) is 1. The van der Waals surface area contributed by atoms with E-state index in [1.807, 2.05) is 11.9 Å². The van der Waals surface area contributed by atoms with Crippen molar-refractivity contribution in [1.82, 2.24) is 15.1 Å². The first-order valence-corrected chi connectivity index (χ1v) is 7.02. The summed E-state index contributed by atoms with van der Waals surface area (Å²) in [5, 5.41) is 2.92. The number of ether oxygens (including phenoxy) is 1. The Morgan fingerprint density at radius 2 is 1.84 bits per heavy atom. The first-order chi connectivity index (χ1) is 8.79. The molecule has 1 amide bonds. The molecule has 0 aromatic rings. The molecular formula is C13H26ClN3O2. The van der Waals surface area contributed by atoms with Gasteiger partial charge in [-0.15, -0.1) is 12.4 Å². The zero-order chi connectivity index (χ0) is 12.8. The van der Waals surface area contributed by atoms with E-state index >= 15 is 0 Å². The van der Waals surface area contributed by atoms with Crippen molar-refractivity contribution in [2.75, 3.05) is 59.5 Å². The molecule has 0 aliphatic carbocycles. The van der Waals surface area contributed by atoms with E-state index in [0.29, 0.717) is 6.54 Å². The first kappa shape index (κ1) is 16.7. The molecule has 0 saturated carbocycles. The third-order valence-electron chi connectivity index (χ3n) is 3.91. The summed E-state index contributed by atoms with van der Waals surface area (Å²) >= 11 is 0. The highest BCUT2D eigenvalue weighted by atomic mass is 35.5. The van der Waals surface area contributed by atoms with Crippen molar-refractivity contribution in [3.8, 4) is 0 Å². The lowest BCUT2D eigenvalue weighted by Gasteiger charge is -2.37. The van der Waals surface area contributed by atoms with E-state index in [2.05, 4.69) is 10.2 Å². The van der Waals surface area contributed by atoms with Crippen molar-refractivity contribution in [2.45, 2.75) is 12.8 Å². The molecule has 2 aliphatic heterocycles. The molecule has 0 spiro atoms. The van der Waals surface area contributed by atoms with Crippen LogP contribution in [0.4, 0.5) is 0 Å². The lowest BCUT2D eigenvalue weighted by Crippen LogP contribution is -2.51.